The molecule has 0 saturated heterocycles. The summed E-state index contributed by atoms with van der Waals surface area (Å²) < 4.78 is 2.42. The van der Waals surface area contributed by atoms with Crippen molar-refractivity contribution in [2.45, 2.75) is 115 Å². The van der Waals surface area contributed by atoms with Crippen LogP contribution in [0.5, 0.6) is 0 Å². The lowest BCUT2D eigenvalue weighted by Gasteiger charge is -2.46. The molecule has 0 saturated carbocycles. The Morgan fingerprint density at radius 1 is 0.517 bits per heavy atom. The van der Waals surface area contributed by atoms with Gasteiger partial charge < -0.3 is 14.4 Å². The summed E-state index contributed by atoms with van der Waals surface area (Å²) in [4.78, 5) is 5.32. The third kappa shape index (κ3) is 9.69. The lowest BCUT2D eigenvalue weighted by atomic mass is 9.33. The number of aromatic nitrogens is 1. The molecule has 9 aromatic carbocycles. The van der Waals surface area contributed by atoms with Crippen molar-refractivity contribution in [2.75, 3.05) is 9.80 Å². The number of hydrogen-bond acceptors (Lipinski definition) is 2. The van der Waals surface area contributed by atoms with Crippen LogP contribution in [0.25, 0.3) is 62.1 Å². The Balaban J connectivity index is 1.18. The smallest absolute Gasteiger partial charge is 0.252 e. The van der Waals surface area contributed by atoms with E-state index >= 15 is 0 Å². The van der Waals surface area contributed by atoms with Crippen LogP contribution in [0.4, 0.5) is 34.1 Å². The number of hydrogen-bond donors (Lipinski definition) is 0. The molecule has 432 valence electrons. The zero-order chi connectivity index (χ0) is 61.7. The van der Waals surface area contributed by atoms with Crippen molar-refractivity contribution in [1.29, 1.82) is 0 Å². The molecule has 2 aliphatic rings. The molecule has 0 bridgehead atoms. The zero-order valence-electron chi connectivity index (χ0n) is 53.9. The maximum absolute atomic E-state index is 4.68. The van der Waals surface area contributed by atoms with Gasteiger partial charge in [-0.15, -0.1) is 0 Å². The molecule has 1 aromatic heterocycles. The molecule has 0 fully saturated rings. The van der Waals surface area contributed by atoms with Crippen molar-refractivity contribution in [3.05, 3.63) is 274 Å². The van der Waals surface area contributed by atoms with Crippen LogP contribution in [-0.4, -0.2) is 11.3 Å². The van der Waals surface area contributed by atoms with Crippen LogP contribution in [0.3, 0.4) is 0 Å². The Morgan fingerprint density at radius 3 is 1.66 bits per heavy atom. The highest BCUT2D eigenvalue weighted by atomic mass is 15.2. The lowest BCUT2D eigenvalue weighted by Crippen LogP contribution is -2.61. The van der Waals surface area contributed by atoms with Crippen LogP contribution >= 0.6 is 0 Å². The molecule has 12 rings (SSSR count). The van der Waals surface area contributed by atoms with E-state index in [0.29, 0.717) is 0 Å². The van der Waals surface area contributed by atoms with Gasteiger partial charge >= 0.3 is 0 Å². The standard InChI is InChI=1S/C83H82BN3/c1-19-30-69-70-48-72-76(49-74(70)85(73(69)21-3)63-33-23-22-24-34-63)87(81-52(6)41-59(42-53(81)7)64(20-2)56(10)57(11)65-35-27-25-31-50(65)4)78-47-62(83(16,17)18)46-77-79(78)84(72)71-40-39-61(82(13,14)15)45-75(71)86(77)80-54(8)43-60(44-55(80)9)67-37-29-38-68(58(67)12)66-36-28-26-32-51(66)5/h19-49H,2-3,11H2,1,4-10,12-18H3/b30-19-,64-56+. The first-order valence-electron chi connectivity index (χ1n) is 31.0. The number of anilines is 6. The summed E-state index contributed by atoms with van der Waals surface area (Å²) >= 11 is 0. The summed E-state index contributed by atoms with van der Waals surface area (Å²) in [5.41, 5.74) is 36.8. The minimum Gasteiger partial charge on any atom is -0.311 e. The first-order valence-corrected chi connectivity index (χ1v) is 31.0. The molecule has 0 N–H and O–H groups in total. The summed E-state index contributed by atoms with van der Waals surface area (Å²) in [7, 11) is 0. The van der Waals surface area contributed by atoms with Gasteiger partial charge in [-0.1, -0.05) is 183 Å². The molecule has 87 heavy (non-hydrogen) atoms. The number of aryl methyl sites for hydroxylation is 6. The maximum atomic E-state index is 4.68. The van der Waals surface area contributed by atoms with Crippen LogP contribution < -0.4 is 26.2 Å². The lowest BCUT2D eigenvalue weighted by molar-refractivity contribution is 0.590. The number of fused-ring (bicyclic) bond motifs is 5. The number of rotatable bonds is 11. The van der Waals surface area contributed by atoms with E-state index < -0.39 is 0 Å². The maximum Gasteiger partial charge on any atom is 0.252 e. The molecule has 0 amide bonds. The van der Waals surface area contributed by atoms with Gasteiger partial charge in [-0.2, -0.15) is 0 Å². The van der Waals surface area contributed by atoms with E-state index in [1.165, 1.54) is 123 Å². The summed E-state index contributed by atoms with van der Waals surface area (Å²) in [6.45, 7) is 47.9. The van der Waals surface area contributed by atoms with Gasteiger partial charge in [-0.3, -0.25) is 0 Å². The molecule has 0 radical (unpaired) electrons. The van der Waals surface area contributed by atoms with E-state index in [1.54, 1.807) is 0 Å². The molecule has 0 spiro atoms. The van der Waals surface area contributed by atoms with Gasteiger partial charge in [-0.05, 0) is 256 Å². The SMILES string of the molecule is C=C/C(=C(/C)C(=C)c1ccccc1C)c1cc(C)c(N2c3cc4c(cc3B3c5ccc(C(C)(C)C)cc5N(c5c(C)cc(-c6cccc(-c7ccccc7C)c6C)cc5C)c5cc(C(C)(C)C)cc2c53)c(/C=C\C)c(C=C)n4-c2ccccc2)c(C)c1. The monoisotopic (exact) mass is 1130 g/mol. The molecule has 4 heteroatoms. The average molecular weight is 1130 g/mol. The van der Waals surface area contributed by atoms with Crippen molar-refractivity contribution in [1.82, 2.24) is 4.57 Å². The van der Waals surface area contributed by atoms with Crippen LogP contribution in [0.2, 0.25) is 0 Å². The second-order valence-corrected chi connectivity index (χ2v) is 26.7. The molecular weight excluding hydrogens is 1050 g/mol. The highest BCUT2D eigenvalue weighted by Gasteiger charge is 2.46. The quantitative estimate of drug-likeness (QED) is 0.0945. The van der Waals surface area contributed by atoms with Gasteiger partial charge in [0, 0.05) is 39.4 Å². The van der Waals surface area contributed by atoms with E-state index in [2.05, 4.69) is 314 Å². The van der Waals surface area contributed by atoms with E-state index in [-0.39, 0.29) is 17.5 Å². The zero-order valence-corrected chi connectivity index (χ0v) is 53.9. The van der Waals surface area contributed by atoms with Gasteiger partial charge in [0.1, 0.15) is 0 Å². The van der Waals surface area contributed by atoms with Gasteiger partial charge in [0.15, 0.2) is 0 Å². The molecule has 10 aromatic rings. The first kappa shape index (κ1) is 58.3. The second kappa shape index (κ2) is 22.0. The number of para-hydroxylation sites is 1. The van der Waals surface area contributed by atoms with E-state index in [0.717, 1.165) is 56.0 Å². The Kier molecular flexibility index (Phi) is 14.7. The topological polar surface area (TPSA) is 11.4 Å². The van der Waals surface area contributed by atoms with Crippen LogP contribution in [0.1, 0.15) is 128 Å². The Morgan fingerprint density at radius 2 is 1.07 bits per heavy atom. The highest BCUT2D eigenvalue weighted by Crippen LogP contribution is 2.51. The Bertz CT molecular complexity index is 4530. The third-order valence-electron chi connectivity index (χ3n) is 18.9. The second-order valence-electron chi connectivity index (χ2n) is 26.7. The van der Waals surface area contributed by atoms with Crippen LogP contribution in [0.15, 0.2) is 201 Å². The van der Waals surface area contributed by atoms with Crippen molar-refractivity contribution < 1.29 is 0 Å². The van der Waals surface area contributed by atoms with E-state index in [1.807, 2.05) is 12.2 Å². The molecule has 0 unspecified atom stereocenters. The third-order valence-corrected chi connectivity index (χ3v) is 18.9. The predicted molar refractivity (Wildman–Crippen MR) is 382 cm³/mol. The largest absolute Gasteiger partial charge is 0.311 e. The highest BCUT2D eigenvalue weighted by molar-refractivity contribution is 7.00. The van der Waals surface area contributed by atoms with Crippen molar-refractivity contribution in [3.8, 4) is 27.9 Å². The van der Waals surface area contributed by atoms with Crippen LogP contribution in [-0.2, 0) is 10.8 Å². The normalized spacial score (nSPS) is 13.2. The van der Waals surface area contributed by atoms with E-state index in [9.17, 15) is 0 Å². The summed E-state index contributed by atoms with van der Waals surface area (Å²) in [5.74, 6) is 0. The molecule has 3 heterocycles. The number of benzene rings is 9. The average Bonchev–Trinajstić information content (AvgIpc) is 1.43. The molecule has 0 atom stereocenters. The Labute approximate surface area is 519 Å². The number of nitrogens with zero attached hydrogens (tertiary/aromatic N) is 3. The van der Waals surface area contributed by atoms with Crippen molar-refractivity contribution in [3.63, 3.8) is 0 Å². The van der Waals surface area contributed by atoms with Gasteiger partial charge in [0.25, 0.3) is 6.71 Å². The molecule has 0 aliphatic carbocycles. The molecule has 3 nitrogen and oxygen atoms in total. The molecular formula is C83H82BN3. The van der Waals surface area contributed by atoms with E-state index in [4.69, 9.17) is 0 Å². The number of allylic oxidation sites excluding steroid dienone is 5. The van der Waals surface area contributed by atoms with Crippen molar-refractivity contribution >= 4 is 91.4 Å². The summed E-state index contributed by atoms with van der Waals surface area (Å²) in [6.07, 6.45) is 8.50. The van der Waals surface area contributed by atoms with Gasteiger partial charge in [0.05, 0.1) is 22.6 Å². The fourth-order valence-electron chi connectivity index (χ4n) is 14.4. The summed E-state index contributed by atoms with van der Waals surface area (Å²) in [6, 6.07) is 62.1. The van der Waals surface area contributed by atoms with Crippen LogP contribution in [0, 0.1) is 48.5 Å². The minimum absolute atomic E-state index is 0.114. The molecule has 2 aliphatic heterocycles. The Hall–Kier alpha value is -9.12. The van der Waals surface area contributed by atoms with Crippen molar-refractivity contribution in [2.24, 2.45) is 0 Å². The summed E-state index contributed by atoms with van der Waals surface area (Å²) in [5, 5.41) is 1.19. The fraction of sp³-hybridized carbons (Fsp3) is 0.205. The fourth-order valence-corrected chi connectivity index (χ4v) is 14.4. The first-order chi connectivity index (χ1) is 41.6. The van der Waals surface area contributed by atoms with Gasteiger partial charge in [0.2, 0.25) is 0 Å². The van der Waals surface area contributed by atoms with Gasteiger partial charge in [-0.25, -0.2) is 0 Å². The predicted octanol–water partition coefficient (Wildman–Crippen LogP) is 21.2. The minimum atomic E-state index is -0.222.